The van der Waals surface area contributed by atoms with Crippen molar-refractivity contribution >= 4 is 54.6 Å². The van der Waals surface area contributed by atoms with Gasteiger partial charge in [0.05, 0.1) is 21.3 Å². The maximum atomic E-state index is 12.0. The highest BCUT2D eigenvalue weighted by Crippen LogP contribution is 2.38. The molecule has 0 fully saturated rings. The van der Waals surface area contributed by atoms with Crippen LogP contribution in [0.4, 0.5) is 0 Å². The molecule has 0 saturated heterocycles. The van der Waals surface area contributed by atoms with Gasteiger partial charge in [0.1, 0.15) is 4.83 Å². The molecule has 132 valence electrons. The van der Waals surface area contributed by atoms with Gasteiger partial charge in [0.25, 0.3) is 0 Å². The molecule has 0 amide bonds. The van der Waals surface area contributed by atoms with Gasteiger partial charge >= 0.3 is 0 Å². The van der Waals surface area contributed by atoms with Gasteiger partial charge in [-0.05, 0) is 32.0 Å². The van der Waals surface area contributed by atoms with E-state index in [4.69, 9.17) is 23.2 Å². The Morgan fingerprint density at radius 1 is 1.12 bits per heavy atom. The molecule has 3 rings (SSSR count). The number of thiophene rings is 1. The maximum Gasteiger partial charge on any atom is 0.248 e. The number of benzene rings is 1. The Kier molecular flexibility index (Phi) is 4.58. The van der Waals surface area contributed by atoms with Crippen molar-refractivity contribution < 1.29 is 13.5 Å². The summed E-state index contributed by atoms with van der Waals surface area (Å²) < 4.78 is 23.9. The van der Waals surface area contributed by atoms with Crippen molar-refractivity contribution in [3.63, 3.8) is 0 Å². The van der Waals surface area contributed by atoms with Crippen LogP contribution in [0.3, 0.4) is 0 Å². The lowest BCUT2D eigenvalue weighted by molar-refractivity contribution is 0.0826. The van der Waals surface area contributed by atoms with Crippen LogP contribution in [0.2, 0.25) is 10.0 Å². The summed E-state index contributed by atoms with van der Waals surface area (Å²) in [7, 11) is -3.61. The Bertz CT molecular complexity index is 1090. The van der Waals surface area contributed by atoms with Crippen LogP contribution in [-0.4, -0.2) is 29.7 Å². The smallest absolute Gasteiger partial charge is 0.248 e. The number of hydrogen-bond donors (Lipinski definition) is 1. The molecule has 1 N–H and O–H groups in total. The lowest BCUT2D eigenvalue weighted by Gasteiger charge is -2.13. The van der Waals surface area contributed by atoms with E-state index in [1.165, 1.54) is 11.3 Å². The predicted octanol–water partition coefficient (Wildman–Crippen LogP) is 4.30. The number of halogens is 2. The molecule has 0 aliphatic rings. The minimum atomic E-state index is -3.61. The first-order chi connectivity index (χ1) is 11.5. The number of hydrogen-bond acceptors (Lipinski definition) is 6. The Morgan fingerprint density at radius 3 is 2.36 bits per heavy atom. The molecule has 0 saturated carbocycles. The average Bonchev–Trinajstić information content (AvgIpc) is 2.92. The molecule has 0 unspecified atom stereocenters. The lowest BCUT2D eigenvalue weighted by atomic mass is 10.1. The number of aliphatic hydroxyl groups is 1. The molecule has 3 aromatic rings. The van der Waals surface area contributed by atoms with E-state index in [9.17, 15) is 13.5 Å². The van der Waals surface area contributed by atoms with Gasteiger partial charge in [0.2, 0.25) is 15.0 Å². The Balaban J connectivity index is 2.38. The molecule has 9 heteroatoms. The van der Waals surface area contributed by atoms with Crippen LogP contribution in [-0.2, 0) is 15.4 Å². The third kappa shape index (κ3) is 3.66. The molecule has 0 bridgehead atoms. The van der Waals surface area contributed by atoms with Crippen LogP contribution in [0.5, 0.6) is 0 Å². The van der Waals surface area contributed by atoms with Crippen LogP contribution < -0.4 is 0 Å². The van der Waals surface area contributed by atoms with E-state index in [1.54, 1.807) is 38.1 Å². The van der Waals surface area contributed by atoms with Crippen LogP contribution in [0.15, 0.2) is 29.4 Å². The van der Waals surface area contributed by atoms with Gasteiger partial charge in [-0.3, -0.25) is 0 Å². The zero-order valence-corrected chi connectivity index (χ0v) is 16.7. The summed E-state index contributed by atoms with van der Waals surface area (Å²) in [6, 6.07) is 6.73. The van der Waals surface area contributed by atoms with Crippen molar-refractivity contribution in [3.8, 4) is 11.3 Å². The molecule has 2 aromatic heterocycles. The molecular weight excluding hydrogens is 403 g/mol. The van der Waals surface area contributed by atoms with E-state index in [0.717, 1.165) is 6.26 Å². The largest absolute Gasteiger partial charge is 0.385 e. The zero-order chi connectivity index (χ0) is 18.6. The van der Waals surface area contributed by atoms with Gasteiger partial charge in [-0.25, -0.2) is 18.4 Å². The summed E-state index contributed by atoms with van der Waals surface area (Å²) >= 11 is 13.3. The van der Waals surface area contributed by atoms with Gasteiger partial charge in [-0.2, -0.15) is 0 Å². The van der Waals surface area contributed by atoms with E-state index in [-0.39, 0.29) is 5.16 Å². The van der Waals surface area contributed by atoms with Gasteiger partial charge in [-0.15, -0.1) is 11.3 Å². The van der Waals surface area contributed by atoms with Gasteiger partial charge in [0.15, 0.2) is 0 Å². The fourth-order valence-corrected chi connectivity index (χ4v) is 4.14. The molecule has 0 radical (unpaired) electrons. The van der Waals surface area contributed by atoms with E-state index >= 15 is 0 Å². The van der Waals surface area contributed by atoms with Crippen LogP contribution in [0.25, 0.3) is 21.5 Å². The molecular formula is C16H14Cl2N2O3S2. The molecule has 25 heavy (non-hydrogen) atoms. The average molecular weight is 417 g/mol. The van der Waals surface area contributed by atoms with E-state index in [0.29, 0.717) is 36.4 Å². The third-order valence-electron chi connectivity index (χ3n) is 3.50. The monoisotopic (exact) mass is 416 g/mol. The van der Waals surface area contributed by atoms with Crippen molar-refractivity contribution in [1.29, 1.82) is 0 Å². The first-order valence-electron chi connectivity index (χ1n) is 7.17. The normalized spacial score (nSPS) is 12.7. The molecule has 1 aromatic carbocycles. The van der Waals surface area contributed by atoms with E-state index in [2.05, 4.69) is 9.97 Å². The minimum Gasteiger partial charge on any atom is -0.385 e. The highest BCUT2D eigenvalue weighted by atomic mass is 35.5. The maximum absolute atomic E-state index is 12.0. The summed E-state index contributed by atoms with van der Waals surface area (Å²) in [6.45, 7) is 3.31. The van der Waals surface area contributed by atoms with Crippen molar-refractivity contribution in [2.45, 2.75) is 24.6 Å². The highest BCUT2D eigenvalue weighted by Gasteiger charge is 2.24. The fourth-order valence-electron chi connectivity index (χ4n) is 2.23. The van der Waals surface area contributed by atoms with Gasteiger partial charge < -0.3 is 5.11 Å². The second-order valence-electron chi connectivity index (χ2n) is 6.14. The Labute approximate surface area is 159 Å². The number of nitrogens with zero attached hydrogens (tertiary/aromatic N) is 2. The van der Waals surface area contributed by atoms with Crippen molar-refractivity contribution in [1.82, 2.24) is 9.97 Å². The van der Waals surface area contributed by atoms with Crippen molar-refractivity contribution in [2.24, 2.45) is 0 Å². The van der Waals surface area contributed by atoms with E-state index in [1.807, 2.05) is 0 Å². The predicted molar refractivity (Wildman–Crippen MR) is 101 cm³/mol. The zero-order valence-electron chi connectivity index (χ0n) is 13.5. The number of sulfone groups is 1. The standard InChI is InChI=1S/C16H14Cl2N2O3S2/c1-16(2,21)12-7-9-13(8-4-5-10(17)11(18)6-8)19-15(25(3,22)23)20-14(9)24-12/h4-7,21H,1-3H3. The van der Waals surface area contributed by atoms with Crippen molar-refractivity contribution in [3.05, 3.63) is 39.2 Å². The second-order valence-corrected chi connectivity index (χ2v) is 9.90. The van der Waals surface area contributed by atoms with E-state index < -0.39 is 15.4 Å². The second kappa shape index (κ2) is 6.17. The Hall–Kier alpha value is -1.25. The third-order valence-corrected chi connectivity index (χ3v) is 6.43. The van der Waals surface area contributed by atoms with Gasteiger partial charge in [-0.1, -0.05) is 29.3 Å². The van der Waals surface area contributed by atoms with Gasteiger partial charge in [0, 0.05) is 22.1 Å². The molecule has 0 spiro atoms. The molecule has 5 nitrogen and oxygen atoms in total. The molecule has 0 atom stereocenters. The summed E-state index contributed by atoms with van der Waals surface area (Å²) in [5, 5.41) is 11.4. The Morgan fingerprint density at radius 2 is 1.80 bits per heavy atom. The molecule has 0 aliphatic heterocycles. The van der Waals surface area contributed by atoms with Crippen LogP contribution in [0.1, 0.15) is 18.7 Å². The molecule has 0 aliphatic carbocycles. The molecule has 2 heterocycles. The first kappa shape index (κ1) is 18.5. The topological polar surface area (TPSA) is 80.2 Å². The minimum absolute atomic E-state index is 0.273. The van der Waals surface area contributed by atoms with Crippen molar-refractivity contribution in [2.75, 3.05) is 6.26 Å². The number of fused-ring (bicyclic) bond motifs is 1. The highest BCUT2D eigenvalue weighted by molar-refractivity contribution is 7.90. The SMILES string of the molecule is CC(C)(O)c1cc2c(-c3ccc(Cl)c(Cl)c3)nc(S(C)(=O)=O)nc2s1. The van der Waals surface area contributed by atoms with Crippen LogP contribution >= 0.6 is 34.5 Å². The first-order valence-corrected chi connectivity index (χ1v) is 10.6. The summed E-state index contributed by atoms with van der Waals surface area (Å²) in [5.74, 6) is 0. The summed E-state index contributed by atoms with van der Waals surface area (Å²) in [4.78, 5) is 9.53. The lowest BCUT2D eigenvalue weighted by Crippen LogP contribution is -2.12. The summed E-state index contributed by atoms with van der Waals surface area (Å²) in [6.07, 6.45) is 1.05. The number of aromatic nitrogens is 2. The van der Waals surface area contributed by atoms with Crippen LogP contribution in [0, 0.1) is 0 Å². The number of rotatable bonds is 3. The summed E-state index contributed by atoms with van der Waals surface area (Å²) in [5.41, 5.74) is -0.0338. The quantitative estimate of drug-likeness (QED) is 0.643. The fraction of sp³-hybridized carbons (Fsp3) is 0.250.